The number of rotatable bonds is 3. The Morgan fingerprint density at radius 1 is 1.50 bits per heavy atom. The number of aryl methyl sites for hydroxylation is 1. The molecule has 1 unspecified atom stereocenters. The van der Waals surface area contributed by atoms with Crippen LogP contribution in [0.15, 0.2) is 11.4 Å². The van der Waals surface area contributed by atoms with Crippen LogP contribution in [0, 0.1) is 6.92 Å². The molecule has 1 heterocycles. The van der Waals surface area contributed by atoms with Gasteiger partial charge in [0, 0.05) is 4.88 Å². The van der Waals surface area contributed by atoms with Crippen LogP contribution in [-0.2, 0) is 0 Å². The van der Waals surface area contributed by atoms with Crippen molar-refractivity contribution < 1.29 is 8.78 Å². The summed E-state index contributed by atoms with van der Waals surface area (Å²) in [6, 6.07) is 1.04. The lowest BCUT2D eigenvalue weighted by molar-refractivity contribution is 0.103. The van der Waals surface area contributed by atoms with Crippen LogP contribution in [0.25, 0.3) is 0 Å². The second-order valence-electron chi connectivity index (χ2n) is 2.57. The van der Waals surface area contributed by atoms with Gasteiger partial charge >= 0.3 is 0 Å². The van der Waals surface area contributed by atoms with E-state index in [2.05, 4.69) is 5.32 Å². The van der Waals surface area contributed by atoms with Gasteiger partial charge in [0.25, 0.3) is 6.43 Å². The van der Waals surface area contributed by atoms with E-state index in [4.69, 9.17) is 0 Å². The zero-order chi connectivity index (χ0) is 9.14. The van der Waals surface area contributed by atoms with Crippen LogP contribution in [0.3, 0.4) is 0 Å². The fourth-order valence-electron chi connectivity index (χ4n) is 1.07. The zero-order valence-electron chi connectivity index (χ0n) is 6.97. The maximum absolute atomic E-state index is 12.4. The van der Waals surface area contributed by atoms with Gasteiger partial charge in [0.1, 0.15) is 6.04 Å². The largest absolute Gasteiger partial charge is 0.308 e. The number of nitrogens with one attached hydrogen (secondary N) is 1. The SMILES string of the molecule is CNC(c1sccc1C)C(F)F. The van der Waals surface area contributed by atoms with Gasteiger partial charge < -0.3 is 5.32 Å². The van der Waals surface area contributed by atoms with Crippen LogP contribution in [0.1, 0.15) is 16.5 Å². The minimum Gasteiger partial charge on any atom is -0.308 e. The molecule has 0 bridgehead atoms. The Hall–Kier alpha value is -0.480. The molecule has 0 aromatic carbocycles. The predicted octanol–water partition coefficient (Wildman–Crippen LogP) is 2.58. The van der Waals surface area contributed by atoms with E-state index in [1.165, 1.54) is 11.3 Å². The summed E-state index contributed by atoms with van der Waals surface area (Å²) in [6.45, 7) is 1.85. The molecule has 1 atom stereocenters. The van der Waals surface area contributed by atoms with Gasteiger partial charge in [-0.3, -0.25) is 0 Å². The van der Waals surface area contributed by atoms with Crippen molar-refractivity contribution >= 4 is 11.3 Å². The molecule has 1 aromatic heterocycles. The molecule has 0 amide bonds. The lowest BCUT2D eigenvalue weighted by atomic mass is 10.2. The molecule has 4 heteroatoms. The van der Waals surface area contributed by atoms with Gasteiger partial charge in [0.05, 0.1) is 0 Å². The summed E-state index contributed by atoms with van der Waals surface area (Å²) < 4.78 is 24.8. The van der Waals surface area contributed by atoms with Gasteiger partial charge in [-0.25, -0.2) is 8.78 Å². The average molecular weight is 191 g/mol. The molecule has 0 saturated carbocycles. The van der Waals surface area contributed by atoms with Gasteiger partial charge in [0.2, 0.25) is 0 Å². The normalized spacial score (nSPS) is 13.8. The van der Waals surface area contributed by atoms with Crippen LogP contribution in [-0.4, -0.2) is 13.5 Å². The Labute approximate surface area is 74.4 Å². The maximum atomic E-state index is 12.4. The van der Waals surface area contributed by atoms with E-state index >= 15 is 0 Å². The molecule has 1 nitrogen and oxygen atoms in total. The summed E-state index contributed by atoms with van der Waals surface area (Å²) in [5, 5.41) is 4.44. The van der Waals surface area contributed by atoms with Crippen LogP contribution in [0.5, 0.6) is 0 Å². The van der Waals surface area contributed by atoms with Crippen molar-refractivity contribution in [1.82, 2.24) is 5.32 Å². The number of hydrogen-bond acceptors (Lipinski definition) is 2. The minimum absolute atomic E-state index is 0.729. The lowest BCUT2D eigenvalue weighted by Gasteiger charge is -2.13. The Bertz CT molecular complexity index is 247. The Kier molecular flexibility index (Phi) is 3.17. The third-order valence-electron chi connectivity index (χ3n) is 1.75. The third kappa shape index (κ3) is 1.81. The van der Waals surface area contributed by atoms with Crippen molar-refractivity contribution in [3.63, 3.8) is 0 Å². The molecule has 12 heavy (non-hydrogen) atoms. The highest BCUT2D eigenvalue weighted by Gasteiger charge is 2.22. The molecular formula is C8H11F2NS. The summed E-state index contributed by atoms with van der Waals surface area (Å²) in [7, 11) is 1.55. The molecule has 1 rings (SSSR count). The average Bonchev–Trinajstić information content (AvgIpc) is 2.38. The first-order chi connectivity index (χ1) is 5.66. The lowest BCUT2D eigenvalue weighted by Crippen LogP contribution is -2.23. The van der Waals surface area contributed by atoms with E-state index in [9.17, 15) is 8.78 Å². The molecule has 0 saturated heterocycles. The van der Waals surface area contributed by atoms with Crippen LogP contribution in [0.2, 0.25) is 0 Å². The van der Waals surface area contributed by atoms with E-state index in [1.54, 1.807) is 7.05 Å². The van der Waals surface area contributed by atoms with Gasteiger partial charge in [-0.05, 0) is 31.0 Å². The Morgan fingerprint density at radius 2 is 2.17 bits per heavy atom. The van der Waals surface area contributed by atoms with E-state index in [0.717, 1.165) is 10.4 Å². The second kappa shape index (κ2) is 3.96. The molecule has 68 valence electrons. The third-order valence-corrected chi connectivity index (χ3v) is 2.85. The summed E-state index contributed by atoms with van der Waals surface area (Å²) in [4.78, 5) is 0.729. The standard InChI is InChI=1S/C8H11F2NS/c1-5-3-4-12-7(5)6(11-2)8(9)10/h3-4,6,8,11H,1-2H3. The van der Waals surface area contributed by atoms with E-state index < -0.39 is 12.5 Å². The monoisotopic (exact) mass is 191 g/mol. The van der Waals surface area contributed by atoms with E-state index in [0.29, 0.717) is 0 Å². The molecule has 0 spiro atoms. The van der Waals surface area contributed by atoms with Gasteiger partial charge in [-0.2, -0.15) is 0 Å². The number of alkyl halides is 2. The number of halogens is 2. The maximum Gasteiger partial charge on any atom is 0.258 e. The highest BCUT2D eigenvalue weighted by atomic mass is 32.1. The number of thiophene rings is 1. The molecule has 0 fully saturated rings. The second-order valence-corrected chi connectivity index (χ2v) is 3.52. The Balaban J connectivity index is 2.87. The smallest absolute Gasteiger partial charge is 0.258 e. The summed E-state index contributed by atoms with van der Waals surface area (Å²) in [5.41, 5.74) is 0.930. The fourth-order valence-corrected chi connectivity index (χ4v) is 2.11. The molecule has 1 aromatic rings. The summed E-state index contributed by atoms with van der Waals surface area (Å²) >= 11 is 1.37. The fraction of sp³-hybridized carbons (Fsp3) is 0.500. The molecule has 1 N–H and O–H groups in total. The van der Waals surface area contributed by atoms with Crippen LogP contribution >= 0.6 is 11.3 Å². The van der Waals surface area contributed by atoms with Crippen molar-refractivity contribution in [2.45, 2.75) is 19.4 Å². The molecule has 0 aliphatic rings. The quantitative estimate of drug-likeness (QED) is 0.774. The molecule has 0 aliphatic heterocycles. The van der Waals surface area contributed by atoms with Gasteiger partial charge in [-0.1, -0.05) is 0 Å². The van der Waals surface area contributed by atoms with Crippen LogP contribution < -0.4 is 5.32 Å². The zero-order valence-corrected chi connectivity index (χ0v) is 7.79. The first kappa shape index (κ1) is 9.61. The molecular weight excluding hydrogens is 180 g/mol. The van der Waals surface area contributed by atoms with Crippen molar-refractivity contribution in [3.05, 3.63) is 21.9 Å². The summed E-state index contributed by atoms with van der Waals surface area (Å²) in [6.07, 6.45) is -2.34. The highest BCUT2D eigenvalue weighted by molar-refractivity contribution is 7.10. The van der Waals surface area contributed by atoms with Crippen molar-refractivity contribution in [2.75, 3.05) is 7.05 Å². The van der Waals surface area contributed by atoms with E-state index in [-0.39, 0.29) is 0 Å². The topological polar surface area (TPSA) is 12.0 Å². The Morgan fingerprint density at radius 3 is 2.50 bits per heavy atom. The van der Waals surface area contributed by atoms with Crippen molar-refractivity contribution in [3.8, 4) is 0 Å². The first-order valence-electron chi connectivity index (χ1n) is 3.66. The molecule has 0 aliphatic carbocycles. The van der Waals surface area contributed by atoms with Gasteiger partial charge in [-0.15, -0.1) is 11.3 Å². The highest BCUT2D eigenvalue weighted by Crippen LogP contribution is 2.27. The van der Waals surface area contributed by atoms with E-state index in [1.807, 2.05) is 18.4 Å². The van der Waals surface area contributed by atoms with Crippen molar-refractivity contribution in [2.24, 2.45) is 0 Å². The molecule has 0 radical (unpaired) electrons. The van der Waals surface area contributed by atoms with Crippen LogP contribution in [0.4, 0.5) is 8.78 Å². The summed E-state index contributed by atoms with van der Waals surface area (Å²) in [5.74, 6) is 0. The van der Waals surface area contributed by atoms with Crippen molar-refractivity contribution in [1.29, 1.82) is 0 Å². The first-order valence-corrected chi connectivity index (χ1v) is 4.54. The predicted molar refractivity (Wildman–Crippen MR) is 46.9 cm³/mol. The number of hydrogen-bond donors (Lipinski definition) is 1. The van der Waals surface area contributed by atoms with Gasteiger partial charge in [0.15, 0.2) is 0 Å². The minimum atomic E-state index is -2.34.